The second kappa shape index (κ2) is 11.7. The molecule has 0 aliphatic carbocycles. The molecule has 0 radical (unpaired) electrons. The molecule has 1 N–H and O–H groups in total. The molecule has 184 valence electrons. The second-order valence-electron chi connectivity index (χ2n) is 7.83. The lowest BCUT2D eigenvalue weighted by atomic mass is 10.1. The van der Waals surface area contributed by atoms with E-state index in [0.29, 0.717) is 35.2 Å². The number of aryl methyl sites for hydroxylation is 1. The van der Waals surface area contributed by atoms with Gasteiger partial charge in [-0.2, -0.15) is 5.01 Å². The van der Waals surface area contributed by atoms with Crippen LogP contribution in [0.2, 0.25) is 0 Å². The van der Waals surface area contributed by atoms with Crippen LogP contribution in [0.15, 0.2) is 76.1 Å². The number of hydrogen-bond donors (Lipinski definition) is 1. The van der Waals surface area contributed by atoms with E-state index in [4.69, 9.17) is 21.7 Å². The molecular weight excluding hydrogens is 560 g/mol. The van der Waals surface area contributed by atoms with Crippen molar-refractivity contribution in [2.45, 2.75) is 20.5 Å². The maximum atomic E-state index is 13.0. The van der Waals surface area contributed by atoms with Crippen LogP contribution >= 0.6 is 39.9 Å². The van der Waals surface area contributed by atoms with Gasteiger partial charge in [0.25, 0.3) is 11.8 Å². The fraction of sp³-hybridized carbons (Fsp3) is 0.148. The highest BCUT2D eigenvalue weighted by molar-refractivity contribution is 9.10. The van der Waals surface area contributed by atoms with Crippen molar-refractivity contribution in [3.05, 3.63) is 98.4 Å². The number of thioether (sulfide) groups is 1. The van der Waals surface area contributed by atoms with Crippen LogP contribution in [0.3, 0.4) is 0 Å². The fourth-order valence-corrected chi connectivity index (χ4v) is 5.12. The molecule has 1 aliphatic heterocycles. The Bertz CT molecular complexity index is 1360. The van der Waals surface area contributed by atoms with Crippen LogP contribution < -0.4 is 14.9 Å². The van der Waals surface area contributed by atoms with Gasteiger partial charge in [-0.3, -0.25) is 15.0 Å². The molecule has 0 atom stereocenters. The van der Waals surface area contributed by atoms with Crippen LogP contribution in [0.1, 0.15) is 34.0 Å². The molecule has 1 aliphatic rings. The van der Waals surface area contributed by atoms with Crippen molar-refractivity contribution < 1.29 is 19.1 Å². The minimum Gasteiger partial charge on any atom is -0.490 e. The number of carbonyl (C=O) groups is 2. The van der Waals surface area contributed by atoms with E-state index in [2.05, 4.69) is 21.4 Å². The van der Waals surface area contributed by atoms with Crippen LogP contribution in [0, 0.1) is 6.92 Å². The summed E-state index contributed by atoms with van der Waals surface area (Å²) < 4.78 is 13.0. The van der Waals surface area contributed by atoms with Gasteiger partial charge in [-0.15, -0.1) is 0 Å². The number of benzene rings is 3. The van der Waals surface area contributed by atoms with Gasteiger partial charge in [-0.1, -0.05) is 64.1 Å². The molecule has 2 amide bonds. The third-order valence-corrected chi connectivity index (χ3v) is 7.04. The predicted octanol–water partition coefficient (Wildman–Crippen LogP) is 6.28. The summed E-state index contributed by atoms with van der Waals surface area (Å²) >= 11 is 9.95. The first kappa shape index (κ1) is 25.9. The van der Waals surface area contributed by atoms with Crippen LogP contribution in [0.5, 0.6) is 11.5 Å². The monoisotopic (exact) mass is 582 g/mol. The molecule has 0 spiro atoms. The Hall–Kier alpha value is -3.14. The van der Waals surface area contributed by atoms with Crippen LogP contribution in [0.25, 0.3) is 6.08 Å². The predicted molar refractivity (Wildman–Crippen MR) is 150 cm³/mol. The molecule has 0 aromatic heterocycles. The van der Waals surface area contributed by atoms with Gasteiger partial charge in [0.15, 0.2) is 15.8 Å². The van der Waals surface area contributed by atoms with Crippen molar-refractivity contribution in [1.82, 2.24) is 10.4 Å². The number of nitrogens with one attached hydrogen (secondary N) is 1. The Morgan fingerprint density at radius 2 is 1.89 bits per heavy atom. The smallest absolute Gasteiger partial charge is 0.285 e. The van der Waals surface area contributed by atoms with Gasteiger partial charge in [0.05, 0.1) is 11.5 Å². The van der Waals surface area contributed by atoms with E-state index in [1.54, 1.807) is 18.2 Å². The van der Waals surface area contributed by atoms with Crippen LogP contribution in [0.4, 0.5) is 0 Å². The molecule has 3 aromatic carbocycles. The first-order valence-corrected chi connectivity index (χ1v) is 13.2. The summed E-state index contributed by atoms with van der Waals surface area (Å²) in [6.45, 7) is 4.58. The molecule has 36 heavy (non-hydrogen) atoms. The number of hydrogen-bond acceptors (Lipinski definition) is 6. The van der Waals surface area contributed by atoms with E-state index in [-0.39, 0.29) is 10.2 Å². The van der Waals surface area contributed by atoms with E-state index >= 15 is 0 Å². The average molecular weight is 584 g/mol. The summed E-state index contributed by atoms with van der Waals surface area (Å²) in [5.74, 6) is 0.396. The minimum absolute atomic E-state index is 0.257. The van der Waals surface area contributed by atoms with Gasteiger partial charge >= 0.3 is 0 Å². The number of hydrazine groups is 1. The zero-order chi connectivity index (χ0) is 25.7. The van der Waals surface area contributed by atoms with Crippen molar-refractivity contribution in [1.29, 1.82) is 0 Å². The summed E-state index contributed by atoms with van der Waals surface area (Å²) in [6, 6.07) is 20.5. The maximum Gasteiger partial charge on any atom is 0.285 e. The Morgan fingerprint density at radius 3 is 2.64 bits per heavy atom. The zero-order valence-electron chi connectivity index (χ0n) is 19.6. The third-order valence-electron chi connectivity index (χ3n) is 5.25. The van der Waals surface area contributed by atoms with Crippen LogP contribution in [-0.4, -0.2) is 27.8 Å². The number of amides is 2. The van der Waals surface area contributed by atoms with Gasteiger partial charge in [-0.05, 0) is 79.2 Å². The second-order valence-corrected chi connectivity index (χ2v) is 10.4. The van der Waals surface area contributed by atoms with Gasteiger partial charge in [0, 0.05) is 10.0 Å². The molecule has 1 fully saturated rings. The fourth-order valence-electron chi connectivity index (χ4n) is 3.49. The lowest BCUT2D eigenvalue weighted by Gasteiger charge is -2.16. The van der Waals surface area contributed by atoms with Crippen LogP contribution in [-0.2, 0) is 11.4 Å². The van der Waals surface area contributed by atoms with Gasteiger partial charge in [-0.25, -0.2) is 0 Å². The molecule has 1 saturated heterocycles. The van der Waals surface area contributed by atoms with Gasteiger partial charge < -0.3 is 9.47 Å². The number of halogens is 1. The van der Waals surface area contributed by atoms with E-state index < -0.39 is 5.91 Å². The Kier molecular flexibility index (Phi) is 8.45. The summed E-state index contributed by atoms with van der Waals surface area (Å²) in [4.78, 5) is 26.1. The highest BCUT2D eigenvalue weighted by Crippen LogP contribution is 2.34. The topological polar surface area (TPSA) is 67.9 Å². The molecule has 6 nitrogen and oxygen atoms in total. The standard InChI is InChI=1S/C27H23BrN2O4S2/c1-3-33-23-14-18(11-12-22(23)34-16-19-8-6-9-20(28)13-19)15-24-26(32)30(27(35)36-24)29-25(31)21-10-5-4-7-17(21)2/h4-15H,3,16H2,1-2H3,(H,29,31)/b24-15+. The number of carbonyl (C=O) groups excluding carboxylic acids is 2. The van der Waals surface area contributed by atoms with E-state index in [1.165, 1.54) is 0 Å². The Morgan fingerprint density at radius 1 is 1.08 bits per heavy atom. The molecule has 0 saturated carbocycles. The quantitative estimate of drug-likeness (QED) is 0.249. The van der Waals surface area contributed by atoms with Crippen molar-refractivity contribution in [3.63, 3.8) is 0 Å². The van der Waals surface area contributed by atoms with E-state index in [0.717, 1.165) is 37.9 Å². The lowest BCUT2D eigenvalue weighted by Crippen LogP contribution is -2.45. The normalized spacial score (nSPS) is 14.3. The maximum absolute atomic E-state index is 13.0. The van der Waals surface area contributed by atoms with Crippen molar-refractivity contribution in [2.24, 2.45) is 0 Å². The zero-order valence-corrected chi connectivity index (χ0v) is 22.8. The summed E-state index contributed by atoms with van der Waals surface area (Å²) in [6.07, 6.45) is 1.72. The number of rotatable bonds is 8. The molecule has 0 unspecified atom stereocenters. The first-order valence-electron chi connectivity index (χ1n) is 11.1. The Labute approximate surface area is 227 Å². The van der Waals surface area contributed by atoms with E-state index in [9.17, 15) is 9.59 Å². The van der Waals surface area contributed by atoms with Crippen molar-refractivity contribution in [2.75, 3.05) is 6.61 Å². The highest BCUT2D eigenvalue weighted by Gasteiger charge is 2.34. The van der Waals surface area contributed by atoms with Crippen molar-refractivity contribution >= 4 is 62.1 Å². The number of thiocarbonyl (C=S) groups is 1. The molecular formula is C27H23BrN2O4S2. The SMILES string of the molecule is CCOc1cc(/C=C2/SC(=S)N(NC(=O)c3ccccc3C)C2=O)ccc1OCc1cccc(Br)c1. The van der Waals surface area contributed by atoms with Crippen molar-refractivity contribution in [3.8, 4) is 11.5 Å². The molecule has 3 aromatic rings. The molecule has 9 heteroatoms. The highest BCUT2D eigenvalue weighted by atomic mass is 79.9. The van der Waals surface area contributed by atoms with Gasteiger partial charge in [0.1, 0.15) is 6.61 Å². The number of ether oxygens (including phenoxy) is 2. The summed E-state index contributed by atoms with van der Waals surface area (Å²) in [5, 5.41) is 1.11. The number of nitrogens with zero attached hydrogens (tertiary/aromatic N) is 1. The average Bonchev–Trinajstić information content (AvgIpc) is 3.11. The Balaban J connectivity index is 1.49. The minimum atomic E-state index is -0.392. The third kappa shape index (κ3) is 6.16. The largest absolute Gasteiger partial charge is 0.490 e. The van der Waals surface area contributed by atoms with Gasteiger partial charge in [0.2, 0.25) is 0 Å². The molecule has 4 rings (SSSR count). The summed E-state index contributed by atoms with van der Waals surface area (Å²) in [5.41, 5.74) is 5.68. The lowest BCUT2D eigenvalue weighted by molar-refractivity contribution is -0.123. The molecule has 1 heterocycles. The summed E-state index contributed by atoms with van der Waals surface area (Å²) in [7, 11) is 0. The van der Waals surface area contributed by atoms with E-state index in [1.807, 2.05) is 68.4 Å². The first-order chi connectivity index (χ1) is 17.4. The molecule has 0 bridgehead atoms.